The number of benzene rings is 1. The van der Waals surface area contributed by atoms with E-state index in [1.165, 1.54) is 6.20 Å². The largest absolute Gasteiger partial charge is 0.481 e. The van der Waals surface area contributed by atoms with Crippen LogP contribution in [0.5, 0.6) is 0 Å². The van der Waals surface area contributed by atoms with Crippen molar-refractivity contribution in [1.29, 1.82) is 0 Å². The summed E-state index contributed by atoms with van der Waals surface area (Å²) in [4.78, 5) is 31.3. The quantitative estimate of drug-likeness (QED) is 0.766. The number of aromatic nitrogens is 1. The summed E-state index contributed by atoms with van der Waals surface area (Å²) in [6.45, 7) is 1.35. The first-order valence-electron chi connectivity index (χ1n) is 8.78. The molecule has 3 N–H and O–H groups in total. The van der Waals surface area contributed by atoms with Crippen LogP contribution in [-0.2, 0) is 9.59 Å². The maximum Gasteiger partial charge on any atom is 0.303 e. The van der Waals surface area contributed by atoms with Crippen molar-refractivity contribution >= 4 is 46.6 Å². The standard InChI is InChI=1S/C19H20Cl2N4O3/c20-13-3-1-12(2-4-13)16-11-24(17(26)5-6-18(27)28)7-8-25(16)19-15(22)9-14(21)10-23-19/h1-4,9-10,16H,5-8,11,22H2,(H,27,28). The van der Waals surface area contributed by atoms with Crippen LogP contribution in [0.15, 0.2) is 36.5 Å². The zero-order chi connectivity index (χ0) is 20.3. The van der Waals surface area contributed by atoms with Gasteiger partial charge in [0.15, 0.2) is 5.82 Å². The maximum atomic E-state index is 12.5. The number of amides is 1. The van der Waals surface area contributed by atoms with Crippen LogP contribution in [0.1, 0.15) is 24.4 Å². The van der Waals surface area contributed by atoms with Gasteiger partial charge in [0.1, 0.15) is 0 Å². The van der Waals surface area contributed by atoms with Crippen molar-refractivity contribution in [3.8, 4) is 0 Å². The fourth-order valence-corrected chi connectivity index (χ4v) is 3.59. The lowest BCUT2D eigenvalue weighted by molar-refractivity contribution is -0.141. The molecule has 2 aromatic rings. The number of hydrogen-bond acceptors (Lipinski definition) is 5. The van der Waals surface area contributed by atoms with Crippen molar-refractivity contribution in [1.82, 2.24) is 9.88 Å². The molecule has 3 rings (SSSR count). The number of anilines is 2. The molecule has 148 valence electrons. The lowest BCUT2D eigenvalue weighted by Crippen LogP contribution is -2.51. The molecule has 2 heterocycles. The van der Waals surface area contributed by atoms with E-state index in [2.05, 4.69) is 4.98 Å². The number of hydrogen-bond donors (Lipinski definition) is 2. The van der Waals surface area contributed by atoms with E-state index >= 15 is 0 Å². The minimum atomic E-state index is -0.987. The summed E-state index contributed by atoms with van der Waals surface area (Å²) in [5.41, 5.74) is 7.55. The Hall–Kier alpha value is -2.51. The van der Waals surface area contributed by atoms with Crippen molar-refractivity contribution in [2.75, 3.05) is 30.3 Å². The van der Waals surface area contributed by atoms with E-state index in [9.17, 15) is 9.59 Å². The van der Waals surface area contributed by atoms with Crippen molar-refractivity contribution in [2.24, 2.45) is 0 Å². The van der Waals surface area contributed by atoms with Crippen LogP contribution in [0.25, 0.3) is 0 Å². The first kappa shape index (κ1) is 20.2. The van der Waals surface area contributed by atoms with Crippen LogP contribution in [0.3, 0.4) is 0 Å². The zero-order valence-electron chi connectivity index (χ0n) is 15.0. The Morgan fingerprint density at radius 2 is 1.86 bits per heavy atom. The molecule has 1 unspecified atom stereocenters. The van der Waals surface area contributed by atoms with Gasteiger partial charge in [-0.05, 0) is 23.8 Å². The van der Waals surface area contributed by atoms with Gasteiger partial charge >= 0.3 is 5.97 Å². The number of rotatable bonds is 5. The molecule has 1 saturated heterocycles. The molecular weight excluding hydrogens is 403 g/mol. The smallest absolute Gasteiger partial charge is 0.303 e. The summed E-state index contributed by atoms with van der Waals surface area (Å²) in [5, 5.41) is 9.90. The average molecular weight is 423 g/mol. The highest BCUT2D eigenvalue weighted by Crippen LogP contribution is 2.34. The van der Waals surface area contributed by atoms with Gasteiger partial charge in [-0.3, -0.25) is 9.59 Å². The van der Waals surface area contributed by atoms with Crippen LogP contribution in [0.4, 0.5) is 11.5 Å². The third-order valence-corrected chi connectivity index (χ3v) is 5.13. The molecule has 1 amide bonds. The summed E-state index contributed by atoms with van der Waals surface area (Å²) in [7, 11) is 0. The molecule has 1 aliphatic rings. The minimum absolute atomic E-state index is 0.0238. The number of pyridine rings is 1. The highest BCUT2D eigenvalue weighted by molar-refractivity contribution is 6.31. The Kier molecular flexibility index (Phi) is 6.26. The second kappa shape index (κ2) is 8.67. The van der Waals surface area contributed by atoms with Gasteiger partial charge in [0.05, 0.1) is 23.2 Å². The predicted molar refractivity (Wildman–Crippen MR) is 109 cm³/mol. The topological polar surface area (TPSA) is 99.8 Å². The average Bonchev–Trinajstić information content (AvgIpc) is 2.66. The Labute approximate surface area is 172 Å². The summed E-state index contributed by atoms with van der Waals surface area (Å²) in [5.74, 6) is -0.570. The fraction of sp³-hybridized carbons (Fsp3) is 0.316. The Bertz CT molecular complexity index is 876. The second-order valence-electron chi connectivity index (χ2n) is 6.56. The molecule has 1 aromatic heterocycles. The van der Waals surface area contributed by atoms with Crippen LogP contribution in [0.2, 0.25) is 10.0 Å². The van der Waals surface area contributed by atoms with Crippen molar-refractivity contribution < 1.29 is 14.7 Å². The Morgan fingerprint density at radius 3 is 2.50 bits per heavy atom. The lowest BCUT2D eigenvalue weighted by atomic mass is 10.0. The highest BCUT2D eigenvalue weighted by Gasteiger charge is 2.32. The van der Waals surface area contributed by atoms with E-state index in [4.69, 9.17) is 34.0 Å². The molecule has 9 heteroatoms. The summed E-state index contributed by atoms with van der Waals surface area (Å²) < 4.78 is 0. The highest BCUT2D eigenvalue weighted by atomic mass is 35.5. The number of nitrogens with two attached hydrogens (primary N) is 1. The normalized spacial score (nSPS) is 16.9. The van der Waals surface area contributed by atoms with Crippen LogP contribution < -0.4 is 10.6 Å². The molecule has 1 aliphatic heterocycles. The van der Waals surface area contributed by atoms with E-state index < -0.39 is 5.97 Å². The summed E-state index contributed by atoms with van der Waals surface area (Å²) in [6, 6.07) is 8.83. The summed E-state index contributed by atoms with van der Waals surface area (Å²) >= 11 is 12.0. The van der Waals surface area contributed by atoms with E-state index in [0.29, 0.717) is 41.2 Å². The molecule has 1 atom stereocenters. The van der Waals surface area contributed by atoms with E-state index in [-0.39, 0.29) is 24.8 Å². The predicted octanol–water partition coefficient (Wildman–Crippen LogP) is 3.23. The Morgan fingerprint density at radius 1 is 1.14 bits per heavy atom. The lowest BCUT2D eigenvalue weighted by Gasteiger charge is -2.42. The number of carboxylic acid groups (broad SMARTS) is 1. The van der Waals surface area contributed by atoms with Gasteiger partial charge in [0.2, 0.25) is 5.91 Å². The number of aliphatic carboxylic acids is 1. The monoisotopic (exact) mass is 422 g/mol. The zero-order valence-corrected chi connectivity index (χ0v) is 16.5. The first-order chi connectivity index (χ1) is 13.3. The number of carboxylic acids is 1. The van der Waals surface area contributed by atoms with E-state index in [0.717, 1.165) is 5.56 Å². The molecule has 0 radical (unpaired) electrons. The van der Waals surface area contributed by atoms with Gasteiger partial charge in [-0.1, -0.05) is 35.3 Å². The Balaban J connectivity index is 1.88. The minimum Gasteiger partial charge on any atom is -0.481 e. The van der Waals surface area contributed by atoms with Crippen molar-refractivity contribution in [3.05, 3.63) is 52.1 Å². The van der Waals surface area contributed by atoms with Gasteiger partial charge in [-0.25, -0.2) is 4.98 Å². The van der Waals surface area contributed by atoms with E-state index in [1.54, 1.807) is 23.1 Å². The third-order valence-electron chi connectivity index (χ3n) is 4.67. The third kappa shape index (κ3) is 4.66. The number of carbonyl (C=O) groups is 2. The van der Waals surface area contributed by atoms with Crippen molar-refractivity contribution in [3.63, 3.8) is 0 Å². The van der Waals surface area contributed by atoms with Gasteiger partial charge in [-0.2, -0.15) is 0 Å². The molecule has 0 saturated carbocycles. The molecule has 7 nitrogen and oxygen atoms in total. The van der Waals surface area contributed by atoms with Gasteiger partial charge in [0, 0.05) is 37.3 Å². The molecule has 0 aliphatic carbocycles. The van der Waals surface area contributed by atoms with Crippen LogP contribution in [-0.4, -0.2) is 46.5 Å². The van der Waals surface area contributed by atoms with Crippen LogP contribution in [0, 0.1) is 0 Å². The van der Waals surface area contributed by atoms with Crippen molar-refractivity contribution in [2.45, 2.75) is 18.9 Å². The molecule has 28 heavy (non-hydrogen) atoms. The van der Waals surface area contributed by atoms with Gasteiger partial charge in [-0.15, -0.1) is 0 Å². The number of piperazine rings is 1. The molecular formula is C19H20Cl2N4O3. The molecule has 0 bridgehead atoms. The van der Waals surface area contributed by atoms with E-state index in [1.807, 2.05) is 17.0 Å². The van der Waals surface area contributed by atoms with Gasteiger partial charge < -0.3 is 20.6 Å². The molecule has 1 fully saturated rings. The number of halogens is 2. The van der Waals surface area contributed by atoms with Gasteiger partial charge in [0.25, 0.3) is 0 Å². The second-order valence-corrected chi connectivity index (χ2v) is 7.43. The maximum absolute atomic E-state index is 12.5. The summed E-state index contributed by atoms with van der Waals surface area (Å²) in [6.07, 6.45) is 1.33. The molecule has 0 spiro atoms. The van der Waals surface area contributed by atoms with Crippen LogP contribution >= 0.6 is 23.2 Å². The number of nitrogen functional groups attached to an aromatic ring is 1. The SMILES string of the molecule is Nc1cc(Cl)cnc1N1CCN(C(=O)CCC(=O)O)CC1c1ccc(Cl)cc1. The number of nitrogens with zero attached hydrogens (tertiary/aromatic N) is 3. The number of carbonyl (C=O) groups excluding carboxylic acids is 1. The molecule has 1 aromatic carbocycles. The fourth-order valence-electron chi connectivity index (χ4n) is 3.29. The first-order valence-corrected chi connectivity index (χ1v) is 9.53.